The molecule has 0 radical (unpaired) electrons. The zero-order chi connectivity index (χ0) is 10.9. The molecule has 0 rings (SSSR count). The van der Waals surface area contributed by atoms with Crippen LogP contribution < -0.4 is 0 Å². The number of hydrogen-bond acceptors (Lipinski definition) is 1. The Morgan fingerprint density at radius 3 is 2.50 bits per heavy atom. The number of alkyl halides is 1. The summed E-state index contributed by atoms with van der Waals surface area (Å²) in [5.74, 6) is 6.23. The van der Waals surface area contributed by atoms with Crippen molar-refractivity contribution in [1.29, 1.82) is 0 Å². The van der Waals surface area contributed by atoms with Gasteiger partial charge in [-0.3, -0.25) is 0 Å². The average Bonchev–Trinajstić information content (AvgIpc) is 2.16. The van der Waals surface area contributed by atoms with Gasteiger partial charge in [0.15, 0.2) is 8.32 Å². The van der Waals surface area contributed by atoms with Gasteiger partial charge < -0.3 is 4.43 Å². The van der Waals surface area contributed by atoms with E-state index in [0.717, 1.165) is 11.4 Å². The minimum Gasteiger partial charge on any atom is -0.406 e. The van der Waals surface area contributed by atoms with E-state index in [2.05, 4.69) is 47.8 Å². The second-order valence-corrected chi connectivity index (χ2v) is 9.75. The summed E-state index contributed by atoms with van der Waals surface area (Å²) in [6.07, 6.45) is 4.80. The quantitative estimate of drug-likeness (QED) is 0.311. The smallest absolute Gasteiger partial charge is 0.198 e. The van der Waals surface area contributed by atoms with Crippen LogP contribution in [0.5, 0.6) is 0 Å². The molecule has 0 aromatic rings. The Kier molecular flexibility index (Phi) is 8.65. The second-order valence-electron chi connectivity index (χ2n) is 3.99. The maximum Gasteiger partial charge on any atom is 0.198 e. The maximum atomic E-state index is 5.70. The molecule has 1 nitrogen and oxygen atoms in total. The van der Waals surface area contributed by atoms with Crippen LogP contribution in [0.15, 0.2) is 0 Å². The Balaban J connectivity index is 3.43. The van der Waals surface area contributed by atoms with Crippen LogP contribution in [0.3, 0.4) is 0 Å². The molecule has 0 saturated carbocycles. The fourth-order valence-corrected chi connectivity index (χ4v) is 1.90. The molecule has 0 unspecified atom stereocenters. The first-order valence-electron chi connectivity index (χ1n) is 5.28. The van der Waals surface area contributed by atoms with Crippen molar-refractivity contribution in [2.75, 3.05) is 11.6 Å². The van der Waals surface area contributed by atoms with Crippen LogP contribution in [0.1, 0.15) is 32.6 Å². The summed E-state index contributed by atoms with van der Waals surface area (Å²) in [5, 5.41) is 0. The van der Waals surface area contributed by atoms with E-state index >= 15 is 0 Å². The fourth-order valence-electron chi connectivity index (χ4n) is 0.873. The van der Waals surface area contributed by atoms with E-state index in [1.54, 1.807) is 0 Å². The topological polar surface area (TPSA) is 9.23 Å². The normalized spacial score (nSPS) is 10.9. The third-order valence-electron chi connectivity index (χ3n) is 1.89. The number of rotatable bonds is 6. The molecule has 0 saturated heterocycles. The molecule has 0 aliphatic carbocycles. The zero-order valence-corrected chi connectivity index (χ0v) is 12.1. The molecule has 0 heterocycles. The summed E-state index contributed by atoms with van der Waals surface area (Å²) in [4.78, 5) is 0.984. The third-order valence-corrected chi connectivity index (χ3v) is 7.51. The maximum absolute atomic E-state index is 5.70. The molecule has 0 amide bonds. The van der Waals surface area contributed by atoms with Gasteiger partial charge in [-0.1, -0.05) is 41.6 Å². The highest BCUT2D eigenvalue weighted by Gasteiger charge is 2.19. The molecule has 14 heavy (non-hydrogen) atoms. The summed E-state index contributed by atoms with van der Waals surface area (Å²) in [7, 11) is -1.44. The molecule has 0 N–H and O–H groups in total. The highest BCUT2D eigenvalue weighted by atomic mass is 79.9. The van der Waals surface area contributed by atoms with Crippen LogP contribution in [0.25, 0.3) is 0 Å². The van der Waals surface area contributed by atoms with Crippen molar-refractivity contribution in [3.05, 3.63) is 0 Å². The predicted molar refractivity (Wildman–Crippen MR) is 69.1 cm³/mol. The monoisotopic (exact) mass is 276 g/mol. The van der Waals surface area contributed by atoms with Crippen LogP contribution in [0.4, 0.5) is 0 Å². The van der Waals surface area contributed by atoms with E-state index in [-0.39, 0.29) is 0 Å². The molecule has 0 spiro atoms. The van der Waals surface area contributed by atoms with E-state index in [1.165, 1.54) is 19.3 Å². The van der Waals surface area contributed by atoms with Gasteiger partial charge in [0.05, 0.1) is 6.61 Å². The summed E-state index contributed by atoms with van der Waals surface area (Å²) >= 11 is 3.46. The minimum atomic E-state index is -1.44. The molecule has 0 fully saturated rings. The molecular weight excluding hydrogens is 256 g/mol. The molecule has 0 atom stereocenters. The fraction of sp³-hybridized carbons (Fsp3) is 0.818. The molecule has 3 heteroatoms. The molecule has 0 aromatic carbocycles. The van der Waals surface area contributed by atoms with Crippen molar-refractivity contribution in [2.45, 2.75) is 45.7 Å². The molecule has 0 aromatic heterocycles. The lowest BCUT2D eigenvalue weighted by molar-refractivity contribution is 0.364. The van der Waals surface area contributed by atoms with Crippen LogP contribution in [0.2, 0.25) is 13.1 Å². The van der Waals surface area contributed by atoms with Crippen LogP contribution >= 0.6 is 15.9 Å². The summed E-state index contributed by atoms with van der Waals surface area (Å²) < 4.78 is 5.70. The minimum absolute atomic E-state index is 0.608. The first kappa shape index (κ1) is 14.2. The van der Waals surface area contributed by atoms with Crippen molar-refractivity contribution < 1.29 is 4.43 Å². The summed E-state index contributed by atoms with van der Waals surface area (Å²) in [6, 6.07) is 0. The van der Waals surface area contributed by atoms with Crippen molar-refractivity contribution in [2.24, 2.45) is 0 Å². The Labute approximate surface area is 97.9 Å². The van der Waals surface area contributed by atoms with Gasteiger partial charge in [-0.05, 0) is 19.5 Å². The van der Waals surface area contributed by atoms with Crippen LogP contribution in [0, 0.1) is 11.8 Å². The number of halogens is 1. The second kappa shape index (κ2) is 8.52. The van der Waals surface area contributed by atoms with Crippen molar-refractivity contribution >= 4 is 24.2 Å². The predicted octanol–water partition coefficient (Wildman–Crippen LogP) is 3.73. The van der Waals surface area contributed by atoms with Gasteiger partial charge in [0.25, 0.3) is 0 Å². The highest BCUT2D eigenvalue weighted by molar-refractivity contribution is 9.09. The van der Waals surface area contributed by atoms with Gasteiger partial charge >= 0.3 is 0 Å². The van der Waals surface area contributed by atoms with Crippen molar-refractivity contribution in [1.82, 2.24) is 0 Å². The zero-order valence-electron chi connectivity index (χ0n) is 9.53. The largest absolute Gasteiger partial charge is 0.406 e. The van der Waals surface area contributed by atoms with E-state index in [1.807, 2.05) is 0 Å². The van der Waals surface area contributed by atoms with Crippen molar-refractivity contribution in [3.8, 4) is 11.8 Å². The van der Waals surface area contributed by atoms with E-state index in [9.17, 15) is 0 Å². The van der Waals surface area contributed by atoms with Gasteiger partial charge in [-0.15, -0.1) is 5.92 Å². The van der Waals surface area contributed by atoms with E-state index < -0.39 is 8.32 Å². The van der Waals surface area contributed by atoms with Gasteiger partial charge in [0, 0.05) is 11.4 Å². The van der Waals surface area contributed by atoms with Gasteiger partial charge in [-0.25, -0.2) is 0 Å². The third kappa shape index (κ3) is 8.80. The first-order valence-corrected chi connectivity index (χ1v) is 9.51. The molecule has 0 aliphatic heterocycles. The molecule has 82 valence electrons. The number of unbranched alkanes of at least 4 members (excludes halogenated alkanes) is 3. The Hall–Kier alpha value is 0.217. The Bertz CT molecular complexity index is 193. The molecule has 0 bridgehead atoms. The van der Waals surface area contributed by atoms with E-state index in [0.29, 0.717) is 6.61 Å². The first-order chi connectivity index (χ1) is 6.62. The van der Waals surface area contributed by atoms with E-state index in [4.69, 9.17) is 4.43 Å². The van der Waals surface area contributed by atoms with Crippen molar-refractivity contribution in [3.63, 3.8) is 0 Å². The van der Waals surface area contributed by atoms with Crippen LogP contribution in [-0.2, 0) is 4.43 Å². The molecular formula is C11H21BrOSi. The molecule has 0 aliphatic rings. The standard InChI is InChI=1S/C11H21BrOSi/c1-4-5-6-7-8-9-10-13-14(2,3)11-12/h4-7,10-11H2,1-3H3. The Morgan fingerprint density at radius 2 is 1.93 bits per heavy atom. The lowest BCUT2D eigenvalue weighted by Gasteiger charge is -2.17. The average molecular weight is 277 g/mol. The summed E-state index contributed by atoms with van der Waals surface area (Å²) in [5.41, 5.74) is 0. The SMILES string of the molecule is CCCCCC#CCO[Si](C)(C)CBr. The number of hydrogen-bond donors (Lipinski definition) is 0. The van der Waals surface area contributed by atoms with Gasteiger partial charge in [0.2, 0.25) is 0 Å². The van der Waals surface area contributed by atoms with Gasteiger partial charge in [0.1, 0.15) is 0 Å². The Morgan fingerprint density at radius 1 is 1.21 bits per heavy atom. The highest BCUT2D eigenvalue weighted by Crippen LogP contribution is 2.06. The van der Waals surface area contributed by atoms with Gasteiger partial charge in [-0.2, -0.15) is 0 Å². The lowest BCUT2D eigenvalue weighted by Crippen LogP contribution is -2.32. The lowest BCUT2D eigenvalue weighted by atomic mass is 10.2. The van der Waals surface area contributed by atoms with Crippen LogP contribution in [-0.4, -0.2) is 19.9 Å². The summed E-state index contributed by atoms with van der Waals surface area (Å²) in [6.45, 7) is 7.21.